The first-order valence-corrected chi connectivity index (χ1v) is 8.35. The molecule has 2 aromatic carbocycles. The first-order chi connectivity index (χ1) is 13.3. The lowest BCUT2D eigenvalue weighted by Crippen LogP contribution is -2.14. The number of hydrogen-bond acceptors (Lipinski definition) is 7. The van der Waals surface area contributed by atoms with Crippen molar-refractivity contribution in [1.29, 1.82) is 0 Å². The van der Waals surface area contributed by atoms with Gasteiger partial charge in [-0.25, -0.2) is 0 Å². The van der Waals surface area contributed by atoms with E-state index in [1.54, 1.807) is 12.1 Å². The summed E-state index contributed by atoms with van der Waals surface area (Å²) in [5.41, 5.74) is -1.11. The summed E-state index contributed by atoms with van der Waals surface area (Å²) in [5.74, 6) is -0.589. The number of anilines is 1. The van der Waals surface area contributed by atoms with E-state index in [4.69, 9.17) is 9.47 Å². The predicted molar refractivity (Wildman–Crippen MR) is 101 cm³/mol. The minimum absolute atomic E-state index is 0.0369. The maximum Gasteiger partial charge on any atom is 0.320 e. The Labute approximate surface area is 160 Å². The minimum atomic E-state index is -0.817. The van der Waals surface area contributed by atoms with E-state index in [0.29, 0.717) is 5.75 Å². The van der Waals surface area contributed by atoms with Crippen LogP contribution in [0.5, 0.6) is 11.5 Å². The maximum absolute atomic E-state index is 12.5. The summed E-state index contributed by atoms with van der Waals surface area (Å²) < 4.78 is 10.5. The van der Waals surface area contributed by atoms with E-state index in [9.17, 15) is 25.0 Å². The molecule has 28 heavy (non-hydrogen) atoms. The fourth-order valence-electron chi connectivity index (χ4n) is 2.38. The Balaban J connectivity index is 2.35. The van der Waals surface area contributed by atoms with Gasteiger partial charge in [-0.15, -0.1) is 0 Å². The maximum atomic E-state index is 12.5. The average Bonchev–Trinajstić information content (AvgIpc) is 2.67. The van der Waals surface area contributed by atoms with Gasteiger partial charge in [0.1, 0.15) is 5.75 Å². The molecule has 0 unspecified atom stereocenters. The van der Waals surface area contributed by atoms with Crippen molar-refractivity contribution in [3.05, 3.63) is 62.2 Å². The number of nitrogens with one attached hydrogen (secondary N) is 1. The number of amides is 1. The van der Waals surface area contributed by atoms with Gasteiger partial charge in [-0.3, -0.25) is 25.0 Å². The zero-order chi connectivity index (χ0) is 20.8. The molecule has 10 nitrogen and oxygen atoms in total. The number of nitrogens with zero attached hydrogens (tertiary/aromatic N) is 2. The Bertz CT molecular complexity index is 879. The molecule has 0 aliphatic heterocycles. The third kappa shape index (κ3) is 4.72. The van der Waals surface area contributed by atoms with Crippen molar-refractivity contribution in [2.45, 2.75) is 26.4 Å². The molecular formula is C18H19N3O7. The van der Waals surface area contributed by atoms with Gasteiger partial charge >= 0.3 is 11.4 Å². The van der Waals surface area contributed by atoms with Crippen LogP contribution in [0.1, 0.15) is 30.6 Å². The van der Waals surface area contributed by atoms with E-state index >= 15 is 0 Å². The quantitative estimate of drug-likeness (QED) is 0.534. The van der Waals surface area contributed by atoms with E-state index in [0.717, 1.165) is 25.7 Å². The third-order valence-electron chi connectivity index (χ3n) is 3.91. The number of rotatable bonds is 8. The van der Waals surface area contributed by atoms with Gasteiger partial charge in [-0.05, 0) is 31.5 Å². The molecule has 0 aliphatic carbocycles. The minimum Gasteiger partial charge on any atom is -0.491 e. The smallest absolute Gasteiger partial charge is 0.320 e. The number of carbonyl (C=O) groups excluding carboxylic acids is 1. The van der Waals surface area contributed by atoms with Gasteiger partial charge < -0.3 is 14.8 Å². The molecule has 0 radical (unpaired) electrons. The third-order valence-corrected chi connectivity index (χ3v) is 3.91. The summed E-state index contributed by atoms with van der Waals surface area (Å²) in [7, 11) is 1.09. The SMILES string of the molecule is CC[C@H](C)Oc1cccc(C(=O)Nc2cc([N+](=O)[O-])c(OC)c([N+](=O)[O-])c2)c1. The number of methoxy groups -OCH3 is 1. The van der Waals surface area contributed by atoms with Crippen LogP contribution < -0.4 is 14.8 Å². The highest BCUT2D eigenvalue weighted by atomic mass is 16.6. The van der Waals surface area contributed by atoms with Gasteiger partial charge in [-0.2, -0.15) is 0 Å². The first-order valence-electron chi connectivity index (χ1n) is 8.35. The van der Waals surface area contributed by atoms with Gasteiger partial charge in [0.15, 0.2) is 0 Å². The Morgan fingerprint density at radius 1 is 1.14 bits per heavy atom. The standard InChI is InChI=1S/C18H19N3O7/c1-4-11(2)28-14-7-5-6-12(8-14)18(22)19-13-9-15(20(23)24)17(27-3)16(10-13)21(25)26/h5-11H,4H2,1-3H3,(H,19,22)/t11-/m0/s1. The highest BCUT2D eigenvalue weighted by Gasteiger charge is 2.28. The van der Waals surface area contributed by atoms with Crippen LogP contribution in [-0.4, -0.2) is 29.0 Å². The second kappa shape index (κ2) is 8.80. The molecule has 0 saturated carbocycles. The van der Waals surface area contributed by atoms with E-state index in [2.05, 4.69) is 5.32 Å². The van der Waals surface area contributed by atoms with Crippen molar-refractivity contribution < 1.29 is 24.1 Å². The second-order valence-corrected chi connectivity index (χ2v) is 5.88. The van der Waals surface area contributed by atoms with Gasteiger partial charge in [0.25, 0.3) is 11.7 Å². The Hall–Kier alpha value is -3.69. The van der Waals surface area contributed by atoms with Crippen molar-refractivity contribution in [3.8, 4) is 11.5 Å². The van der Waals surface area contributed by atoms with Gasteiger partial charge in [0.05, 0.1) is 28.7 Å². The summed E-state index contributed by atoms with van der Waals surface area (Å²) in [6.45, 7) is 3.85. The fraction of sp³-hybridized carbons (Fsp3) is 0.278. The molecule has 0 heterocycles. The number of hydrogen-bond donors (Lipinski definition) is 1. The second-order valence-electron chi connectivity index (χ2n) is 5.88. The zero-order valence-corrected chi connectivity index (χ0v) is 15.5. The van der Waals surface area contributed by atoms with Gasteiger partial charge in [-0.1, -0.05) is 13.0 Å². The van der Waals surface area contributed by atoms with E-state index in [1.807, 2.05) is 13.8 Å². The number of ether oxygens (including phenoxy) is 2. The van der Waals surface area contributed by atoms with Crippen molar-refractivity contribution in [3.63, 3.8) is 0 Å². The van der Waals surface area contributed by atoms with E-state index < -0.39 is 32.9 Å². The van der Waals surface area contributed by atoms with Crippen LogP contribution in [-0.2, 0) is 0 Å². The number of carbonyl (C=O) groups is 1. The molecule has 0 saturated heterocycles. The summed E-state index contributed by atoms with van der Waals surface area (Å²) >= 11 is 0. The fourth-order valence-corrected chi connectivity index (χ4v) is 2.38. The molecule has 2 aromatic rings. The summed E-state index contributed by atoms with van der Waals surface area (Å²) in [6, 6.07) is 8.39. The molecule has 0 bridgehead atoms. The van der Waals surface area contributed by atoms with Crippen LogP contribution >= 0.6 is 0 Å². The van der Waals surface area contributed by atoms with Crippen molar-refractivity contribution >= 4 is 23.0 Å². The van der Waals surface area contributed by atoms with Crippen LogP contribution in [0, 0.1) is 20.2 Å². The topological polar surface area (TPSA) is 134 Å². The molecule has 0 aromatic heterocycles. The normalized spacial score (nSPS) is 11.4. The lowest BCUT2D eigenvalue weighted by molar-refractivity contribution is -0.395. The highest BCUT2D eigenvalue weighted by Crippen LogP contribution is 2.39. The van der Waals surface area contributed by atoms with Crippen LogP contribution in [0.2, 0.25) is 0 Å². The molecule has 0 spiro atoms. The lowest BCUT2D eigenvalue weighted by atomic mass is 10.1. The zero-order valence-electron chi connectivity index (χ0n) is 15.5. The van der Waals surface area contributed by atoms with Gasteiger partial charge in [0.2, 0.25) is 0 Å². The predicted octanol–water partition coefficient (Wildman–Crippen LogP) is 3.94. The van der Waals surface area contributed by atoms with Crippen LogP contribution in [0.25, 0.3) is 0 Å². The van der Waals surface area contributed by atoms with Gasteiger partial charge in [0, 0.05) is 17.7 Å². The summed E-state index contributed by atoms with van der Waals surface area (Å²) in [6.07, 6.45) is 0.750. The number of nitro groups is 2. The van der Waals surface area contributed by atoms with Crippen molar-refractivity contribution in [2.24, 2.45) is 0 Å². The Morgan fingerprint density at radius 2 is 1.75 bits per heavy atom. The molecule has 0 fully saturated rings. The lowest BCUT2D eigenvalue weighted by Gasteiger charge is -2.13. The van der Waals surface area contributed by atoms with Crippen molar-refractivity contribution in [1.82, 2.24) is 0 Å². The molecule has 2 rings (SSSR count). The molecule has 1 amide bonds. The van der Waals surface area contributed by atoms with Crippen LogP contribution in [0.15, 0.2) is 36.4 Å². The first kappa shape index (κ1) is 20.6. The molecule has 1 atom stereocenters. The Kier molecular flexibility index (Phi) is 6.48. The monoisotopic (exact) mass is 389 g/mol. The van der Waals surface area contributed by atoms with Crippen molar-refractivity contribution in [2.75, 3.05) is 12.4 Å². The van der Waals surface area contributed by atoms with E-state index in [-0.39, 0.29) is 17.4 Å². The molecule has 1 N–H and O–H groups in total. The highest BCUT2D eigenvalue weighted by molar-refractivity contribution is 6.05. The average molecular weight is 389 g/mol. The van der Waals surface area contributed by atoms with Crippen LogP contribution in [0.3, 0.4) is 0 Å². The van der Waals surface area contributed by atoms with Crippen LogP contribution in [0.4, 0.5) is 17.1 Å². The molecular weight excluding hydrogens is 370 g/mol. The molecule has 10 heteroatoms. The van der Waals surface area contributed by atoms with E-state index in [1.165, 1.54) is 12.1 Å². The Morgan fingerprint density at radius 3 is 2.25 bits per heavy atom. The molecule has 148 valence electrons. The largest absolute Gasteiger partial charge is 0.491 e. The summed E-state index contributed by atoms with van der Waals surface area (Å²) in [4.78, 5) is 33.3. The number of nitro benzene ring substituents is 2. The number of benzene rings is 2. The molecule has 0 aliphatic rings. The summed E-state index contributed by atoms with van der Waals surface area (Å²) in [5, 5.41) is 24.9.